The van der Waals surface area contributed by atoms with Crippen molar-refractivity contribution in [2.24, 2.45) is 0 Å². The van der Waals surface area contributed by atoms with E-state index in [-0.39, 0.29) is 11.3 Å². The molecule has 0 aliphatic carbocycles. The molecule has 2 aromatic rings. The third-order valence-electron chi connectivity index (χ3n) is 3.63. The van der Waals surface area contributed by atoms with E-state index < -0.39 is 40.2 Å². The van der Waals surface area contributed by atoms with Crippen LogP contribution < -0.4 is 5.32 Å². The fourth-order valence-corrected chi connectivity index (χ4v) is 2.91. The molecule has 1 atom stereocenters. The lowest BCUT2D eigenvalue weighted by Gasteiger charge is -2.16. The summed E-state index contributed by atoms with van der Waals surface area (Å²) in [4.78, 5) is 23.8. The van der Waals surface area contributed by atoms with Crippen molar-refractivity contribution in [3.63, 3.8) is 0 Å². The van der Waals surface area contributed by atoms with E-state index in [9.17, 15) is 23.1 Å². The lowest BCUT2D eigenvalue weighted by atomic mass is 9.98. The number of phenols is 1. The van der Waals surface area contributed by atoms with Crippen LogP contribution in [-0.2, 0) is 14.9 Å². The second kappa shape index (κ2) is 7.98. The first-order chi connectivity index (χ1) is 12.2. The molecule has 4 N–H and O–H groups in total. The molecule has 26 heavy (non-hydrogen) atoms. The molecule has 8 nitrogen and oxygen atoms in total. The van der Waals surface area contributed by atoms with Crippen molar-refractivity contribution in [1.29, 1.82) is 0 Å². The molecule has 9 heteroatoms. The molecule has 1 amide bonds. The molecule has 0 radical (unpaired) electrons. The number of carboxylic acid groups (broad SMARTS) is 1. The van der Waals surface area contributed by atoms with Gasteiger partial charge in [-0.1, -0.05) is 36.4 Å². The molecular formula is C17H17NO7S. The zero-order valence-corrected chi connectivity index (χ0v) is 14.3. The molecule has 2 aromatic carbocycles. The van der Waals surface area contributed by atoms with Crippen molar-refractivity contribution >= 4 is 22.0 Å². The minimum absolute atomic E-state index is 0.0473. The van der Waals surface area contributed by atoms with Crippen LogP contribution in [0.4, 0.5) is 0 Å². The maximum absolute atomic E-state index is 12.5. The highest BCUT2D eigenvalue weighted by atomic mass is 32.2. The normalized spacial score (nSPS) is 12.3. The summed E-state index contributed by atoms with van der Waals surface area (Å²) in [5, 5.41) is 21.4. The Bertz CT molecular complexity index is 924. The SMILES string of the molecule is O=C(N[C@@H](CCS(=O)(=O)O)C(=O)O)c1ccccc1-c1ccccc1O. The van der Waals surface area contributed by atoms with Crippen LogP contribution in [0.3, 0.4) is 0 Å². The van der Waals surface area contributed by atoms with Crippen molar-refractivity contribution in [2.45, 2.75) is 12.5 Å². The third kappa shape index (κ3) is 5.04. The van der Waals surface area contributed by atoms with Gasteiger partial charge >= 0.3 is 5.97 Å². The van der Waals surface area contributed by atoms with Gasteiger partial charge in [-0.3, -0.25) is 9.35 Å². The van der Waals surface area contributed by atoms with Gasteiger partial charge in [0.25, 0.3) is 16.0 Å². The topological polar surface area (TPSA) is 141 Å². The number of carboxylic acids is 1. The molecule has 0 aromatic heterocycles. The predicted molar refractivity (Wildman–Crippen MR) is 93.5 cm³/mol. The summed E-state index contributed by atoms with van der Waals surface area (Å²) in [6.07, 6.45) is -0.487. The summed E-state index contributed by atoms with van der Waals surface area (Å²) in [7, 11) is -4.36. The molecule has 0 aliphatic rings. The Labute approximate surface area is 149 Å². The standard InChI is InChI=1S/C17H17NO7S/c19-15-8-4-3-6-12(15)11-5-1-2-7-13(11)16(20)18-14(17(21)22)9-10-26(23,24)25/h1-8,14,19H,9-10H2,(H,18,20)(H,21,22)(H,23,24,25)/t14-/m0/s1. The van der Waals surface area contributed by atoms with Gasteiger partial charge in [-0.15, -0.1) is 0 Å². The third-order valence-corrected chi connectivity index (χ3v) is 4.39. The largest absolute Gasteiger partial charge is 0.507 e. The molecule has 0 bridgehead atoms. The van der Waals surface area contributed by atoms with Gasteiger partial charge in [0.2, 0.25) is 0 Å². The first kappa shape index (κ1) is 19.4. The zero-order valence-electron chi connectivity index (χ0n) is 13.5. The Hall–Kier alpha value is -2.91. The summed E-state index contributed by atoms with van der Waals surface area (Å²) in [6, 6.07) is 11.1. The van der Waals surface area contributed by atoms with E-state index in [1.165, 1.54) is 12.1 Å². The molecule has 2 rings (SSSR count). The molecule has 0 fully saturated rings. The van der Waals surface area contributed by atoms with Crippen LogP contribution in [0.1, 0.15) is 16.8 Å². The van der Waals surface area contributed by atoms with Gasteiger partial charge in [0.1, 0.15) is 11.8 Å². The van der Waals surface area contributed by atoms with Crippen LogP contribution in [0, 0.1) is 0 Å². The number of aliphatic carboxylic acids is 1. The Balaban J connectivity index is 2.29. The number of carbonyl (C=O) groups excluding carboxylic acids is 1. The highest BCUT2D eigenvalue weighted by Crippen LogP contribution is 2.31. The molecule has 0 saturated carbocycles. The van der Waals surface area contributed by atoms with Crippen molar-refractivity contribution in [3.8, 4) is 16.9 Å². The van der Waals surface area contributed by atoms with E-state index >= 15 is 0 Å². The highest BCUT2D eigenvalue weighted by Gasteiger charge is 2.24. The van der Waals surface area contributed by atoms with Crippen LogP contribution in [0.25, 0.3) is 11.1 Å². The number of hydrogen-bond acceptors (Lipinski definition) is 5. The number of rotatable bonds is 7. The number of hydrogen-bond donors (Lipinski definition) is 4. The van der Waals surface area contributed by atoms with E-state index in [4.69, 9.17) is 9.66 Å². The van der Waals surface area contributed by atoms with Gasteiger partial charge in [-0.05, 0) is 24.1 Å². The Kier molecular flexibility index (Phi) is 5.96. The van der Waals surface area contributed by atoms with E-state index in [0.29, 0.717) is 11.1 Å². The van der Waals surface area contributed by atoms with Crippen LogP contribution in [0.2, 0.25) is 0 Å². The molecule has 0 heterocycles. The Morgan fingerprint density at radius 2 is 1.58 bits per heavy atom. The Morgan fingerprint density at radius 1 is 1.00 bits per heavy atom. The highest BCUT2D eigenvalue weighted by molar-refractivity contribution is 7.85. The van der Waals surface area contributed by atoms with Gasteiger partial charge in [0.05, 0.1) is 5.75 Å². The monoisotopic (exact) mass is 379 g/mol. The molecular weight excluding hydrogens is 362 g/mol. The lowest BCUT2D eigenvalue weighted by molar-refractivity contribution is -0.139. The summed E-state index contributed by atoms with van der Waals surface area (Å²) >= 11 is 0. The lowest BCUT2D eigenvalue weighted by Crippen LogP contribution is -2.42. The number of benzene rings is 2. The van der Waals surface area contributed by atoms with Gasteiger partial charge in [-0.25, -0.2) is 4.79 Å². The van der Waals surface area contributed by atoms with E-state index in [1.807, 2.05) is 0 Å². The zero-order chi connectivity index (χ0) is 19.3. The van der Waals surface area contributed by atoms with Crippen LogP contribution >= 0.6 is 0 Å². The molecule has 138 valence electrons. The summed E-state index contributed by atoms with van der Waals surface area (Å²) < 4.78 is 30.4. The average Bonchev–Trinajstić information content (AvgIpc) is 2.58. The molecule has 0 saturated heterocycles. The van der Waals surface area contributed by atoms with Crippen LogP contribution in [0.5, 0.6) is 5.75 Å². The number of amides is 1. The quantitative estimate of drug-likeness (QED) is 0.534. The number of carbonyl (C=O) groups is 2. The van der Waals surface area contributed by atoms with Gasteiger partial charge in [-0.2, -0.15) is 8.42 Å². The second-order valence-corrected chi connectivity index (χ2v) is 7.07. The fraction of sp³-hybridized carbons (Fsp3) is 0.176. The molecule has 0 aliphatic heterocycles. The average molecular weight is 379 g/mol. The summed E-state index contributed by atoms with van der Waals surface area (Å²) in [5.41, 5.74) is 0.900. The summed E-state index contributed by atoms with van der Waals surface area (Å²) in [6.45, 7) is 0. The Morgan fingerprint density at radius 3 is 2.15 bits per heavy atom. The second-order valence-electron chi connectivity index (χ2n) is 5.50. The van der Waals surface area contributed by atoms with E-state index in [0.717, 1.165) is 0 Å². The summed E-state index contributed by atoms with van der Waals surface area (Å²) in [5.74, 6) is -3.02. The maximum atomic E-state index is 12.5. The van der Waals surface area contributed by atoms with Crippen molar-refractivity contribution in [3.05, 3.63) is 54.1 Å². The first-order valence-electron chi connectivity index (χ1n) is 7.55. The minimum atomic E-state index is -4.36. The van der Waals surface area contributed by atoms with E-state index in [1.54, 1.807) is 36.4 Å². The van der Waals surface area contributed by atoms with Gasteiger partial charge in [0.15, 0.2) is 0 Å². The number of nitrogens with one attached hydrogen (secondary N) is 1. The van der Waals surface area contributed by atoms with Crippen LogP contribution in [0.15, 0.2) is 48.5 Å². The van der Waals surface area contributed by atoms with Gasteiger partial charge in [0, 0.05) is 11.1 Å². The minimum Gasteiger partial charge on any atom is -0.507 e. The first-order valence-corrected chi connectivity index (χ1v) is 9.16. The van der Waals surface area contributed by atoms with Crippen LogP contribution in [-0.4, -0.2) is 46.9 Å². The molecule has 0 spiro atoms. The van der Waals surface area contributed by atoms with Crippen molar-refractivity contribution < 1.29 is 32.8 Å². The van der Waals surface area contributed by atoms with E-state index in [2.05, 4.69) is 5.32 Å². The van der Waals surface area contributed by atoms with Crippen molar-refractivity contribution in [1.82, 2.24) is 5.32 Å². The number of aromatic hydroxyl groups is 1. The number of para-hydroxylation sites is 1. The van der Waals surface area contributed by atoms with Gasteiger partial charge < -0.3 is 15.5 Å². The fourth-order valence-electron chi connectivity index (χ4n) is 2.38. The molecule has 0 unspecified atom stereocenters. The predicted octanol–water partition coefficient (Wildman–Crippen LogP) is 1.52. The smallest absolute Gasteiger partial charge is 0.326 e. The van der Waals surface area contributed by atoms with Crippen molar-refractivity contribution in [2.75, 3.05) is 5.75 Å². The number of phenolic OH excluding ortho intramolecular Hbond substituents is 1. The maximum Gasteiger partial charge on any atom is 0.326 e.